The van der Waals surface area contributed by atoms with E-state index in [0.29, 0.717) is 25.7 Å². The molecule has 1 atom stereocenters. The van der Waals surface area contributed by atoms with Crippen LogP contribution in [0.5, 0.6) is 0 Å². The molecular formula is C11H20O4. The summed E-state index contributed by atoms with van der Waals surface area (Å²) in [6, 6.07) is 0. The first kappa shape index (κ1) is 12.5. The fourth-order valence-corrected chi connectivity index (χ4v) is 1.88. The zero-order chi connectivity index (χ0) is 11.1. The minimum atomic E-state index is -0.896. The third kappa shape index (κ3) is 4.62. The van der Waals surface area contributed by atoms with Crippen LogP contribution < -0.4 is 0 Å². The summed E-state index contributed by atoms with van der Waals surface area (Å²) in [6.45, 7) is 2.72. The molecule has 0 radical (unpaired) electrons. The van der Waals surface area contributed by atoms with Crippen LogP contribution in [0.3, 0.4) is 0 Å². The Morgan fingerprint density at radius 1 is 1.47 bits per heavy atom. The molecule has 1 unspecified atom stereocenters. The second-order valence-electron chi connectivity index (χ2n) is 3.85. The Morgan fingerprint density at radius 3 is 2.67 bits per heavy atom. The lowest BCUT2D eigenvalue weighted by atomic mass is 10.2. The van der Waals surface area contributed by atoms with Gasteiger partial charge in [-0.15, -0.1) is 0 Å². The van der Waals surface area contributed by atoms with Crippen molar-refractivity contribution in [3.05, 3.63) is 0 Å². The highest BCUT2D eigenvalue weighted by atomic mass is 16.5. The molecule has 0 heterocycles. The molecular weight excluding hydrogens is 196 g/mol. The second-order valence-corrected chi connectivity index (χ2v) is 3.85. The molecule has 0 aromatic rings. The Morgan fingerprint density at radius 2 is 2.13 bits per heavy atom. The van der Waals surface area contributed by atoms with E-state index in [1.807, 2.05) is 0 Å². The summed E-state index contributed by atoms with van der Waals surface area (Å²) in [5.74, 6) is -0.896. The molecule has 1 saturated carbocycles. The number of hydrogen-bond acceptors (Lipinski definition) is 3. The third-order valence-electron chi connectivity index (χ3n) is 2.68. The highest BCUT2D eigenvalue weighted by Crippen LogP contribution is 2.21. The van der Waals surface area contributed by atoms with E-state index in [1.165, 1.54) is 12.8 Å². The van der Waals surface area contributed by atoms with Crippen molar-refractivity contribution in [2.75, 3.05) is 13.2 Å². The zero-order valence-electron chi connectivity index (χ0n) is 9.28. The summed E-state index contributed by atoms with van der Waals surface area (Å²) < 4.78 is 10.7. The van der Waals surface area contributed by atoms with Gasteiger partial charge in [0.2, 0.25) is 0 Å². The van der Waals surface area contributed by atoms with Crippen LogP contribution in [0, 0.1) is 0 Å². The van der Waals surface area contributed by atoms with Crippen molar-refractivity contribution in [2.45, 2.75) is 51.2 Å². The molecule has 0 spiro atoms. The number of aliphatic carboxylic acids is 1. The molecule has 0 amide bonds. The van der Waals surface area contributed by atoms with Gasteiger partial charge in [0, 0.05) is 19.6 Å². The van der Waals surface area contributed by atoms with Gasteiger partial charge in [0.15, 0.2) is 6.10 Å². The van der Waals surface area contributed by atoms with Crippen LogP contribution in [0.1, 0.15) is 39.0 Å². The first-order chi connectivity index (χ1) is 7.24. The molecule has 0 aromatic heterocycles. The van der Waals surface area contributed by atoms with Crippen molar-refractivity contribution in [3.8, 4) is 0 Å². The fourth-order valence-electron chi connectivity index (χ4n) is 1.88. The van der Waals surface area contributed by atoms with Gasteiger partial charge in [0.1, 0.15) is 0 Å². The fraction of sp³-hybridized carbons (Fsp3) is 0.909. The van der Waals surface area contributed by atoms with Crippen LogP contribution in [0.4, 0.5) is 0 Å². The highest BCUT2D eigenvalue weighted by molar-refractivity contribution is 5.72. The molecule has 4 nitrogen and oxygen atoms in total. The maximum absolute atomic E-state index is 10.7. The van der Waals surface area contributed by atoms with E-state index in [2.05, 4.69) is 0 Å². The van der Waals surface area contributed by atoms with E-state index >= 15 is 0 Å². The average Bonchev–Trinajstić information content (AvgIpc) is 2.69. The molecule has 88 valence electrons. The second kappa shape index (κ2) is 6.80. The van der Waals surface area contributed by atoms with Gasteiger partial charge in [-0.1, -0.05) is 12.8 Å². The number of hydrogen-bond donors (Lipinski definition) is 1. The maximum Gasteiger partial charge on any atom is 0.332 e. The van der Waals surface area contributed by atoms with Crippen molar-refractivity contribution in [1.82, 2.24) is 0 Å². The van der Waals surface area contributed by atoms with E-state index in [0.717, 1.165) is 12.8 Å². The normalized spacial score (nSPS) is 19.3. The monoisotopic (exact) mass is 216 g/mol. The predicted octanol–water partition coefficient (Wildman–Crippen LogP) is 1.83. The van der Waals surface area contributed by atoms with E-state index in [9.17, 15) is 4.79 Å². The summed E-state index contributed by atoms with van der Waals surface area (Å²) in [7, 11) is 0. The van der Waals surface area contributed by atoms with Crippen molar-refractivity contribution in [1.29, 1.82) is 0 Å². The topological polar surface area (TPSA) is 55.8 Å². The summed E-state index contributed by atoms with van der Waals surface area (Å²) in [5, 5.41) is 8.82. The van der Waals surface area contributed by atoms with Crippen molar-refractivity contribution in [2.24, 2.45) is 0 Å². The third-order valence-corrected chi connectivity index (χ3v) is 2.68. The van der Waals surface area contributed by atoms with Crippen LogP contribution in [-0.2, 0) is 14.3 Å². The van der Waals surface area contributed by atoms with Gasteiger partial charge >= 0.3 is 5.97 Å². The van der Waals surface area contributed by atoms with Crippen LogP contribution >= 0.6 is 0 Å². The first-order valence-electron chi connectivity index (χ1n) is 5.70. The van der Waals surface area contributed by atoms with Crippen molar-refractivity contribution >= 4 is 5.97 Å². The molecule has 15 heavy (non-hydrogen) atoms. The summed E-state index contributed by atoms with van der Waals surface area (Å²) in [6.07, 6.45) is 4.78. The van der Waals surface area contributed by atoms with Gasteiger partial charge in [-0.05, 0) is 19.8 Å². The van der Waals surface area contributed by atoms with Crippen LogP contribution in [0.25, 0.3) is 0 Å². The number of ether oxygens (including phenoxy) is 2. The number of carbonyl (C=O) groups is 1. The van der Waals surface area contributed by atoms with E-state index in [4.69, 9.17) is 14.6 Å². The number of carboxylic acids is 1. The minimum absolute atomic E-state index is 0.348. The van der Waals surface area contributed by atoms with Gasteiger partial charge in [0.25, 0.3) is 0 Å². The lowest BCUT2D eigenvalue weighted by Gasteiger charge is -2.15. The summed E-state index contributed by atoms with van der Waals surface area (Å²) in [4.78, 5) is 10.7. The highest BCUT2D eigenvalue weighted by Gasteiger charge is 2.19. The molecule has 1 N–H and O–H groups in total. The quantitative estimate of drug-likeness (QED) is 0.705. The van der Waals surface area contributed by atoms with Gasteiger partial charge in [-0.2, -0.15) is 0 Å². The number of carboxylic acid groups (broad SMARTS) is 1. The molecule has 0 aromatic carbocycles. The lowest BCUT2D eigenvalue weighted by molar-refractivity contribution is -0.151. The van der Waals surface area contributed by atoms with E-state index < -0.39 is 12.1 Å². The molecule has 1 aliphatic rings. The molecule has 1 fully saturated rings. The smallest absolute Gasteiger partial charge is 0.332 e. The molecule has 0 saturated heterocycles. The van der Waals surface area contributed by atoms with E-state index in [-0.39, 0.29) is 0 Å². The zero-order valence-corrected chi connectivity index (χ0v) is 9.28. The maximum atomic E-state index is 10.7. The van der Waals surface area contributed by atoms with Gasteiger partial charge < -0.3 is 14.6 Å². The summed E-state index contributed by atoms with van der Waals surface area (Å²) in [5.41, 5.74) is 0. The van der Waals surface area contributed by atoms with Crippen LogP contribution in [0.2, 0.25) is 0 Å². The molecule has 1 rings (SSSR count). The molecule has 4 heteroatoms. The number of rotatable bonds is 7. The largest absolute Gasteiger partial charge is 0.479 e. The lowest BCUT2D eigenvalue weighted by Crippen LogP contribution is -2.26. The van der Waals surface area contributed by atoms with Gasteiger partial charge in [0.05, 0.1) is 6.10 Å². The van der Waals surface area contributed by atoms with Crippen molar-refractivity contribution < 1.29 is 19.4 Å². The summed E-state index contributed by atoms with van der Waals surface area (Å²) >= 11 is 0. The Balaban J connectivity index is 2.12. The van der Waals surface area contributed by atoms with E-state index in [1.54, 1.807) is 6.92 Å². The minimum Gasteiger partial charge on any atom is -0.479 e. The Labute approximate surface area is 90.6 Å². The van der Waals surface area contributed by atoms with Crippen LogP contribution in [0.15, 0.2) is 0 Å². The average molecular weight is 216 g/mol. The Hall–Kier alpha value is -0.610. The van der Waals surface area contributed by atoms with Crippen molar-refractivity contribution in [3.63, 3.8) is 0 Å². The Kier molecular flexibility index (Phi) is 5.65. The predicted molar refractivity (Wildman–Crippen MR) is 55.9 cm³/mol. The van der Waals surface area contributed by atoms with Gasteiger partial charge in [-0.25, -0.2) is 4.79 Å². The SMILES string of the molecule is CCOC(CCOC1CCCC1)C(=O)O. The molecule has 0 bridgehead atoms. The van der Waals surface area contributed by atoms with Gasteiger partial charge in [-0.3, -0.25) is 0 Å². The first-order valence-corrected chi connectivity index (χ1v) is 5.70. The molecule has 0 aliphatic heterocycles. The van der Waals surface area contributed by atoms with Crippen LogP contribution in [-0.4, -0.2) is 36.5 Å². The Bertz CT molecular complexity index is 187. The standard InChI is InChI=1S/C11H20O4/c1-2-14-10(11(12)13)7-8-15-9-5-3-4-6-9/h9-10H,2-8H2,1H3,(H,12,13). The molecule has 1 aliphatic carbocycles.